The lowest BCUT2D eigenvalue weighted by Gasteiger charge is -2.04. The van der Waals surface area contributed by atoms with E-state index >= 15 is 0 Å². The number of aryl methyl sites for hydroxylation is 1. The lowest BCUT2D eigenvalue weighted by molar-refractivity contribution is 1.12. The first-order valence-corrected chi connectivity index (χ1v) is 8.33. The van der Waals surface area contributed by atoms with Gasteiger partial charge >= 0.3 is 0 Å². The van der Waals surface area contributed by atoms with E-state index in [1.165, 1.54) is 11.1 Å². The van der Waals surface area contributed by atoms with Crippen molar-refractivity contribution in [3.63, 3.8) is 0 Å². The predicted octanol–water partition coefficient (Wildman–Crippen LogP) is 5.22. The summed E-state index contributed by atoms with van der Waals surface area (Å²) < 4.78 is 0. The average molecular weight is 317 g/mol. The monoisotopic (exact) mass is 317 g/mol. The summed E-state index contributed by atoms with van der Waals surface area (Å²) in [5.41, 5.74) is 7.78. The molecule has 0 bridgehead atoms. The second-order valence-corrected chi connectivity index (χ2v) is 5.51. The minimum Gasteiger partial charge on any atom is -0.264 e. The van der Waals surface area contributed by atoms with E-state index < -0.39 is 0 Å². The minimum absolute atomic E-state index is 0. The highest BCUT2D eigenvalue weighted by molar-refractivity contribution is 5.88. The summed E-state index contributed by atoms with van der Waals surface area (Å²) >= 11 is 0. The Morgan fingerprint density at radius 2 is 1.88 bits per heavy atom. The first kappa shape index (κ1) is 16.1. The molecule has 1 aliphatic carbocycles. The van der Waals surface area contributed by atoms with E-state index in [0.29, 0.717) is 0 Å². The van der Waals surface area contributed by atoms with Crippen molar-refractivity contribution >= 4 is 11.6 Å². The number of fused-ring (bicyclic) bond motifs is 1. The van der Waals surface area contributed by atoms with Crippen molar-refractivity contribution in [2.45, 2.75) is 27.2 Å². The summed E-state index contributed by atoms with van der Waals surface area (Å²) in [6.07, 6.45) is 8.69. The van der Waals surface area contributed by atoms with Crippen LogP contribution in [0.5, 0.6) is 0 Å². The van der Waals surface area contributed by atoms with Crippen LogP contribution in [0.2, 0.25) is 0 Å². The van der Waals surface area contributed by atoms with Crippen molar-refractivity contribution < 1.29 is 1.43 Å². The molecule has 0 fully saturated rings. The number of allylic oxidation sites excluding steroid dienone is 1. The van der Waals surface area contributed by atoms with Crippen molar-refractivity contribution in [1.29, 1.82) is 0 Å². The van der Waals surface area contributed by atoms with E-state index in [0.717, 1.165) is 34.6 Å². The van der Waals surface area contributed by atoms with E-state index in [1.807, 2.05) is 57.4 Å². The van der Waals surface area contributed by atoms with Gasteiger partial charge in [-0.25, -0.2) is 0 Å². The summed E-state index contributed by atoms with van der Waals surface area (Å²) in [6, 6.07) is 12.3. The molecule has 0 saturated carbocycles. The van der Waals surface area contributed by atoms with Gasteiger partial charge in [-0.05, 0) is 54.0 Å². The van der Waals surface area contributed by atoms with Crippen LogP contribution in [0.15, 0.2) is 55.0 Å². The van der Waals surface area contributed by atoms with Crippen LogP contribution in [0, 0.1) is 6.92 Å². The molecule has 0 amide bonds. The first-order chi connectivity index (χ1) is 11.8. The highest BCUT2D eigenvalue weighted by Gasteiger charge is 2.16. The summed E-state index contributed by atoms with van der Waals surface area (Å²) in [5.74, 6) is 0. The van der Waals surface area contributed by atoms with Crippen LogP contribution in [0.3, 0.4) is 0 Å². The molecule has 3 aromatic rings. The van der Waals surface area contributed by atoms with Gasteiger partial charge in [-0.2, -0.15) is 0 Å². The topological polar surface area (TPSA) is 38.7 Å². The third kappa shape index (κ3) is 3.25. The number of nitrogens with zero attached hydrogens (tertiary/aromatic N) is 3. The lowest BCUT2D eigenvalue weighted by atomic mass is 10.1. The second kappa shape index (κ2) is 7.18. The molecule has 0 saturated heterocycles. The van der Waals surface area contributed by atoms with Crippen LogP contribution in [0.1, 0.15) is 37.8 Å². The van der Waals surface area contributed by atoms with Crippen LogP contribution in [0.4, 0.5) is 0 Å². The smallest absolute Gasteiger partial charge is 0.0720 e. The number of hydrogen-bond acceptors (Lipinski definition) is 3. The normalized spacial score (nSPS) is 12.0. The molecular weight excluding hydrogens is 294 g/mol. The van der Waals surface area contributed by atoms with Crippen LogP contribution in [0.25, 0.3) is 22.9 Å². The summed E-state index contributed by atoms with van der Waals surface area (Å²) in [6.45, 7) is 6.00. The second-order valence-electron chi connectivity index (χ2n) is 5.51. The quantitative estimate of drug-likeness (QED) is 0.650. The zero-order valence-corrected chi connectivity index (χ0v) is 14.3. The Labute approximate surface area is 144 Å². The van der Waals surface area contributed by atoms with Crippen molar-refractivity contribution in [1.82, 2.24) is 15.0 Å². The third-order valence-corrected chi connectivity index (χ3v) is 3.91. The molecule has 0 aliphatic heterocycles. The lowest BCUT2D eigenvalue weighted by Crippen LogP contribution is -1.92. The highest BCUT2D eigenvalue weighted by Crippen LogP contribution is 2.32. The largest absolute Gasteiger partial charge is 0.264 e. The number of rotatable bonds is 2. The van der Waals surface area contributed by atoms with Crippen molar-refractivity contribution in [2.75, 3.05) is 0 Å². The summed E-state index contributed by atoms with van der Waals surface area (Å²) in [7, 11) is 0. The molecule has 3 heterocycles. The van der Waals surface area contributed by atoms with Gasteiger partial charge in [0.05, 0.1) is 11.4 Å². The maximum Gasteiger partial charge on any atom is 0.0720 e. The molecule has 3 aromatic heterocycles. The van der Waals surface area contributed by atoms with Crippen molar-refractivity contribution in [3.05, 3.63) is 77.5 Å². The van der Waals surface area contributed by atoms with Crippen LogP contribution in [-0.2, 0) is 6.42 Å². The van der Waals surface area contributed by atoms with Crippen LogP contribution >= 0.6 is 0 Å². The predicted molar refractivity (Wildman–Crippen MR) is 101 cm³/mol. The van der Waals surface area contributed by atoms with Gasteiger partial charge < -0.3 is 0 Å². The zero-order valence-electron chi connectivity index (χ0n) is 14.3. The fourth-order valence-electron chi connectivity index (χ4n) is 2.78. The van der Waals surface area contributed by atoms with Gasteiger partial charge in [0.2, 0.25) is 0 Å². The fourth-order valence-corrected chi connectivity index (χ4v) is 2.78. The minimum atomic E-state index is 0. The molecule has 4 rings (SSSR count). The summed E-state index contributed by atoms with van der Waals surface area (Å²) in [4.78, 5) is 13.4. The molecule has 24 heavy (non-hydrogen) atoms. The molecule has 0 atom stereocenters. The van der Waals surface area contributed by atoms with Crippen LogP contribution < -0.4 is 0 Å². The molecule has 0 spiro atoms. The third-order valence-electron chi connectivity index (χ3n) is 3.91. The van der Waals surface area contributed by atoms with Gasteiger partial charge in [-0.1, -0.05) is 26.0 Å². The number of hydrogen-bond donors (Lipinski definition) is 0. The molecule has 3 nitrogen and oxygen atoms in total. The Bertz CT molecular complexity index is 873. The Morgan fingerprint density at radius 3 is 2.62 bits per heavy atom. The zero-order chi connectivity index (χ0) is 16.9. The molecule has 0 N–H and O–H groups in total. The SMILES string of the molecule is CC.Cc1cccc(-c2cnc3c(c2)C=C(c2cccnc2)C3)n1.[HH]. The van der Waals surface area contributed by atoms with Crippen molar-refractivity contribution in [2.24, 2.45) is 0 Å². The number of aromatic nitrogens is 3. The Morgan fingerprint density at radius 1 is 1.00 bits per heavy atom. The Hall–Kier alpha value is -2.81. The summed E-state index contributed by atoms with van der Waals surface area (Å²) in [5, 5.41) is 0. The molecule has 3 heteroatoms. The van der Waals surface area contributed by atoms with Gasteiger partial charge in [0, 0.05) is 37.7 Å². The van der Waals surface area contributed by atoms with Gasteiger partial charge in [-0.3, -0.25) is 15.0 Å². The molecule has 0 radical (unpaired) electrons. The molecule has 0 aromatic carbocycles. The van der Waals surface area contributed by atoms with E-state index in [4.69, 9.17) is 0 Å². The molecule has 1 aliphatic rings. The standard InChI is InChI=1S/C19H15N3.C2H6.H2/c1-13-4-2-6-18(22-13)17-9-16-8-15(10-19(16)21-12-17)14-5-3-7-20-11-14;1-2;/h2-9,11-12H,10H2,1H3;1-2H3;1H. The van der Waals surface area contributed by atoms with E-state index in [1.54, 1.807) is 6.20 Å². The molecule has 0 unspecified atom stereocenters. The fraction of sp³-hybridized carbons (Fsp3) is 0.190. The van der Waals surface area contributed by atoms with Gasteiger partial charge in [-0.15, -0.1) is 0 Å². The Balaban J connectivity index is 0.000000726. The van der Waals surface area contributed by atoms with E-state index in [9.17, 15) is 0 Å². The van der Waals surface area contributed by atoms with Crippen LogP contribution in [-0.4, -0.2) is 15.0 Å². The van der Waals surface area contributed by atoms with Gasteiger partial charge in [0.1, 0.15) is 0 Å². The number of pyridine rings is 3. The van der Waals surface area contributed by atoms with Gasteiger partial charge in [0.15, 0.2) is 0 Å². The van der Waals surface area contributed by atoms with E-state index in [2.05, 4.69) is 33.2 Å². The van der Waals surface area contributed by atoms with E-state index in [-0.39, 0.29) is 1.43 Å². The Kier molecular flexibility index (Phi) is 4.80. The highest BCUT2D eigenvalue weighted by atomic mass is 14.7. The average Bonchev–Trinajstić information content (AvgIpc) is 3.07. The van der Waals surface area contributed by atoms with Gasteiger partial charge in [0.25, 0.3) is 0 Å². The van der Waals surface area contributed by atoms with Crippen molar-refractivity contribution in [3.8, 4) is 11.3 Å². The maximum atomic E-state index is 4.63. The molecule has 122 valence electrons. The maximum absolute atomic E-state index is 4.63. The first-order valence-electron chi connectivity index (χ1n) is 8.33. The molecular formula is C21H23N3.